The van der Waals surface area contributed by atoms with E-state index in [-0.39, 0.29) is 5.75 Å². The van der Waals surface area contributed by atoms with Gasteiger partial charge in [0.15, 0.2) is 0 Å². The Balaban J connectivity index is 2.26. The summed E-state index contributed by atoms with van der Waals surface area (Å²) in [5.41, 5.74) is 2.04. The quantitative estimate of drug-likeness (QED) is 0.697. The monoisotopic (exact) mass is 369 g/mol. The first-order valence-electron chi connectivity index (χ1n) is 5.74. The van der Waals surface area contributed by atoms with Crippen LogP contribution in [0, 0.1) is 0 Å². The van der Waals surface area contributed by atoms with Crippen LogP contribution in [0.2, 0.25) is 5.02 Å². The van der Waals surface area contributed by atoms with Gasteiger partial charge in [-0.25, -0.2) is 0 Å². The third-order valence-corrected chi connectivity index (χ3v) is 5.13. The predicted octanol–water partition coefficient (Wildman–Crippen LogP) is 4.44. The first kappa shape index (κ1) is 13.9. The van der Waals surface area contributed by atoms with Crippen LogP contribution in [0.4, 0.5) is 0 Å². The van der Waals surface area contributed by atoms with Gasteiger partial charge in [-0.15, -0.1) is 0 Å². The number of rotatable bonds is 1. The van der Waals surface area contributed by atoms with E-state index in [1.54, 1.807) is 12.1 Å². The van der Waals surface area contributed by atoms with E-state index in [0.29, 0.717) is 20.6 Å². The largest absolute Gasteiger partial charge is 0.766 e. The molecule has 20 heavy (non-hydrogen) atoms. The SMILES string of the molecule is O=P1([O-])C=C(c2ccccc2)c2cc(Cl)c(Br)cc2O1. The molecule has 1 unspecified atom stereocenters. The van der Waals surface area contributed by atoms with Crippen LogP contribution >= 0.6 is 35.1 Å². The average Bonchev–Trinajstić information content (AvgIpc) is 2.40. The minimum absolute atomic E-state index is 0.279. The molecule has 0 N–H and O–H groups in total. The molecule has 2 aromatic carbocycles. The molecule has 1 aliphatic heterocycles. The lowest BCUT2D eigenvalue weighted by molar-refractivity contribution is -0.187. The van der Waals surface area contributed by atoms with Crippen LogP contribution in [0.3, 0.4) is 0 Å². The van der Waals surface area contributed by atoms with Crippen molar-refractivity contribution in [2.24, 2.45) is 0 Å². The number of benzene rings is 2. The van der Waals surface area contributed by atoms with E-state index in [0.717, 1.165) is 11.4 Å². The van der Waals surface area contributed by atoms with Gasteiger partial charge in [-0.05, 0) is 39.2 Å². The van der Waals surface area contributed by atoms with Gasteiger partial charge in [-0.3, -0.25) is 4.57 Å². The molecule has 0 saturated carbocycles. The molecule has 0 amide bonds. The van der Waals surface area contributed by atoms with Crippen molar-refractivity contribution in [1.82, 2.24) is 0 Å². The van der Waals surface area contributed by atoms with Crippen molar-refractivity contribution in [2.75, 3.05) is 0 Å². The van der Waals surface area contributed by atoms with Crippen LogP contribution in [0.1, 0.15) is 11.1 Å². The maximum absolute atomic E-state index is 11.9. The number of hydrogen-bond donors (Lipinski definition) is 0. The molecule has 3 rings (SSSR count). The zero-order chi connectivity index (χ0) is 14.3. The first-order valence-corrected chi connectivity index (χ1v) is 8.52. The van der Waals surface area contributed by atoms with Gasteiger partial charge in [0, 0.05) is 15.9 Å². The van der Waals surface area contributed by atoms with Crippen molar-refractivity contribution < 1.29 is 14.0 Å². The highest BCUT2D eigenvalue weighted by Gasteiger charge is 2.23. The van der Waals surface area contributed by atoms with Gasteiger partial charge in [-0.2, -0.15) is 0 Å². The summed E-state index contributed by atoms with van der Waals surface area (Å²) in [6, 6.07) is 12.5. The van der Waals surface area contributed by atoms with Gasteiger partial charge in [-0.1, -0.05) is 41.9 Å². The Bertz CT molecular complexity index is 759. The van der Waals surface area contributed by atoms with Crippen LogP contribution in [0.15, 0.2) is 52.8 Å². The Kier molecular flexibility index (Phi) is 3.51. The fourth-order valence-electron chi connectivity index (χ4n) is 2.05. The van der Waals surface area contributed by atoms with Crippen LogP contribution in [-0.2, 0) is 4.57 Å². The summed E-state index contributed by atoms with van der Waals surface area (Å²) in [6.45, 7) is 0. The highest BCUT2D eigenvalue weighted by molar-refractivity contribution is 9.10. The van der Waals surface area contributed by atoms with Crippen molar-refractivity contribution in [1.29, 1.82) is 0 Å². The summed E-state index contributed by atoms with van der Waals surface area (Å²) < 4.78 is 17.5. The van der Waals surface area contributed by atoms with Crippen LogP contribution in [0.5, 0.6) is 5.75 Å². The lowest BCUT2D eigenvalue weighted by Crippen LogP contribution is -2.11. The molecule has 2 aromatic rings. The maximum atomic E-state index is 11.9. The van der Waals surface area contributed by atoms with Crippen LogP contribution < -0.4 is 9.42 Å². The molecule has 0 fully saturated rings. The van der Waals surface area contributed by atoms with Crippen molar-refractivity contribution in [2.45, 2.75) is 0 Å². The topological polar surface area (TPSA) is 49.4 Å². The standard InChI is InChI=1S/C14H9BrClO3P/c15-12-7-14-10(6-13(12)16)11(8-20(17,18)19-14)9-4-2-1-3-5-9/h1-8H,(H,17,18)/p-1. The average molecular weight is 371 g/mol. The van der Waals surface area contributed by atoms with Crippen LogP contribution in [0.25, 0.3) is 5.57 Å². The van der Waals surface area contributed by atoms with Crippen molar-refractivity contribution in [3.05, 3.63) is 68.9 Å². The molecule has 1 aliphatic rings. The molecule has 0 saturated heterocycles. The van der Waals surface area contributed by atoms with E-state index in [1.807, 2.05) is 30.3 Å². The Morgan fingerprint density at radius 1 is 1.20 bits per heavy atom. The summed E-state index contributed by atoms with van der Waals surface area (Å²) in [7, 11) is -4.05. The Morgan fingerprint density at radius 2 is 1.90 bits per heavy atom. The minimum Gasteiger partial charge on any atom is -0.766 e. The van der Waals surface area contributed by atoms with E-state index >= 15 is 0 Å². The van der Waals surface area contributed by atoms with Crippen molar-refractivity contribution in [3.8, 4) is 5.75 Å². The van der Waals surface area contributed by atoms with Crippen molar-refractivity contribution >= 4 is 40.7 Å². The third-order valence-electron chi connectivity index (χ3n) is 2.91. The predicted molar refractivity (Wildman–Crippen MR) is 80.9 cm³/mol. The normalized spacial score (nSPS) is 20.9. The van der Waals surface area contributed by atoms with E-state index in [9.17, 15) is 9.46 Å². The second-order valence-electron chi connectivity index (χ2n) is 4.30. The Hall–Kier alpha value is -1.06. The molecule has 6 heteroatoms. The minimum atomic E-state index is -4.05. The van der Waals surface area contributed by atoms with Crippen molar-refractivity contribution in [3.63, 3.8) is 0 Å². The molecule has 0 aromatic heterocycles. The molecular formula is C14H8BrClO3P-. The molecule has 0 spiro atoms. The molecule has 1 heterocycles. The number of halogens is 2. The maximum Gasteiger partial charge on any atom is 0.207 e. The highest BCUT2D eigenvalue weighted by Crippen LogP contribution is 2.52. The smallest absolute Gasteiger partial charge is 0.207 e. The fourth-order valence-corrected chi connectivity index (χ4v) is 3.62. The van der Waals surface area contributed by atoms with E-state index in [2.05, 4.69) is 15.9 Å². The second-order valence-corrected chi connectivity index (χ2v) is 7.08. The molecule has 0 radical (unpaired) electrons. The highest BCUT2D eigenvalue weighted by atomic mass is 79.9. The summed E-state index contributed by atoms with van der Waals surface area (Å²) >= 11 is 9.36. The van der Waals surface area contributed by atoms with Gasteiger partial charge < -0.3 is 9.42 Å². The molecule has 0 bridgehead atoms. The van der Waals surface area contributed by atoms with E-state index in [4.69, 9.17) is 16.1 Å². The zero-order valence-electron chi connectivity index (χ0n) is 10.0. The fraction of sp³-hybridized carbons (Fsp3) is 0. The van der Waals surface area contributed by atoms with Crippen LogP contribution in [-0.4, -0.2) is 0 Å². The lowest BCUT2D eigenvalue weighted by atomic mass is 9.99. The molecule has 1 atom stereocenters. The molecule has 102 valence electrons. The third kappa shape index (κ3) is 2.57. The second kappa shape index (κ2) is 5.05. The van der Waals surface area contributed by atoms with Gasteiger partial charge >= 0.3 is 0 Å². The number of hydrogen-bond acceptors (Lipinski definition) is 3. The van der Waals surface area contributed by atoms with E-state index in [1.165, 1.54) is 0 Å². The molecular weight excluding hydrogens is 362 g/mol. The summed E-state index contributed by atoms with van der Waals surface area (Å²) in [5.74, 6) is 1.43. The molecule has 0 aliphatic carbocycles. The zero-order valence-corrected chi connectivity index (χ0v) is 13.3. The first-order chi connectivity index (χ1) is 9.46. The lowest BCUT2D eigenvalue weighted by Gasteiger charge is -2.29. The number of fused-ring (bicyclic) bond motifs is 1. The Morgan fingerprint density at radius 3 is 2.60 bits per heavy atom. The van der Waals surface area contributed by atoms with Gasteiger partial charge in [0.25, 0.3) is 0 Å². The van der Waals surface area contributed by atoms with Gasteiger partial charge in [0.1, 0.15) is 5.75 Å². The summed E-state index contributed by atoms with van der Waals surface area (Å²) in [4.78, 5) is 11.9. The Labute approximate surface area is 129 Å². The van der Waals surface area contributed by atoms with E-state index < -0.39 is 7.60 Å². The summed E-state index contributed by atoms with van der Waals surface area (Å²) in [6.07, 6.45) is 0. The summed E-state index contributed by atoms with van der Waals surface area (Å²) in [5, 5.41) is 0.497. The van der Waals surface area contributed by atoms with Gasteiger partial charge in [0.05, 0.1) is 5.02 Å². The van der Waals surface area contributed by atoms with Gasteiger partial charge in [0.2, 0.25) is 7.60 Å². The molecule has 3 nitrogen and oxygen atoms in total.